The van der Waals surface area contributed by atoms with Crippen LogP contribution in [0.2, 0.25) is 0 Å². The van der Waals surface area contributed by atoms with Crippen molar-refractivity contribution in [3.63, 3.8) is 0 Å². The van der Waals surface area contributed by atoms with Crippen LogP contribution in [0.4, 0.5) is 0 Å². The van der Waals surface area contributed by atoms with Gasteiger partial charge in [-0.1, -0.05) is 6.92 Å². The van der Waals surface area contributed by atoms with Crippen molar-refractivity contribution in [2.75, 3.05) is 20.7 Å². The summed E-state index contributed by atoms with van der Waals surface area (Å²) in [6.07, 6.45) is 3.35. The highest BCUT2D eigenvalue weighted by molar-refractivity contribution is 5.72. The monoisotopic (exact) mass is 211 g/mol. The van der Waals surface area contributed by atoms with Crippen molar-refractivity contribution >= 4 is 5.97 Å². The number of ether oxygens (including phenoxy) is 1. The Bertz CT molecular complexity index is 295. The Balaban J connectivity index is 2.35. The molecule has 1 rings (SSSR count). The van der Waals surface area contributed by atoms with E-state index in [0.29, 0.717) is 6.54 Å². The maximum absolute atomic E-state index is 11.2. The van der Waals surface area contributed by atoms with Crippen molar-refractivity contribution < 1.29 is 13.9 Å². The maximum atomic E-state index is 11.2. The largest absolute Gasteiger partial charge is 0.472 e. The SMILES string of the molecule is COC(=O)C(C)CN(C)Cc1ccoc1. The van der Waals surface area contributed by atoms with E-state index in [-0.39, 0.29) is 11.9 Å². The van der Waals surface area contributed by atoms with Gasteiger partial charge in [0.2, 0.25) is 0 Å². The molecule has 1 unspecified atom stereocenters. The summed E-state index contributed by atoms with van der Waals surface area (Å²) in [6.45, 7) is 3.31. The highest BCUT2D eigenvalue weighted by Gasteiger charge is 2.15. The van der Waals surface area contributed by atoms with Crippen molar-refractivity contribution in [3.05, 3.63) is 24.2 Å². The number of methoxy groups -OCH3 is 1. The molecule has 0 spiro atoms. The van der Waals surface area contributed by atoms with E-state index in [1.54, 1.807) is 12.5 Å². The molecule has 0 saturated carbocycles. The summed E-state index contributed by atoms with van der Waals surface area (Å²) in [5.74, 6) is -0.277. The lowest BCUT2D eigenvalue weighted by molar-refractivity contribution is -0.145. The molecule has 1 atom stereocenters. The smallest absolute Gasteiger partial charge is 0.309 e. The molecule has 0 radical (unpaired) electrons. The average molecular weight is 211 g/mol. The van der Waals surface area contributed by atoms with Crippen molar-refractivity contribution in [3.8, 4) is 0 Å². The van der Waals surface area contributed by atoms with Crippen LogP contribution < -0.4 is 0 Å². The molecular formula is C11H17NO3. The second kappa shape index (κ2) is 5.56. The zero-order valence-corrected chi connectivity index (χ0v) is 9.40. The van der Waals surface area contributed by atoms with Gasteiger partial charge in [-0.15, -0.1) is 0 Å². The second-order valence-electron chi connectivity index (χ2n) is 3.75. The first kappa shape index (κ1) is 11.8. The van der Waals surface area contributed by atoms with E-state index in [1.807, 2.05) is 20.0 Å². The highest BCUT2D eigenvalue weighted by atomic mass is 16.5. The lowest BCUT2D eigenvalue weighted by atomic mass is 10.1. The van der Waals surface area contributed by atoms with Crippen LogP contribution in [0.25, 0.3) is 0 Å². The summed E-state index contributed by atoms with van der Waals surface area (Å²) >= 11 is 0. The van der Waals surface area contributed by atoms with Gasteiger partial charge < -0.3 is 14.1 Å². The minimum Gasteiger partial charge on any atom is -0.472 e. The molecule has 0 aliphatic carbocycles. The van der Waals surface area contributed by atoms with Crippen molar-refractivity contribution in [1.29, 1.82) is 0 Å². The molecule has 84 valence electrons. The number of hydrogen-bond donors (Lipinski definition) is 0. The summed E-state index contributed by atoms with van der Waals surface area (Å²) in [7, 11) is 3.38. The fourth-order valence-corrected chi connectivity index (χ4v) is 1.50. The Morgan fingerprint density at radius 1 is 1.67 bits per heavy atom. The normalized spacial score (nSPS) is 12.8. The first-order chi connectivity index (χ1) is 7.13. The topological polar surface area (TPSA) is 42.7 Å². The van der Waals surface area contributed by atoms with Crippen molar-refractivity contribution in [2.45, 2.75) is 13.5 Å². The van der Waals surface area contributed by atoms with Crippen LogP contribution in [-0.4, -0.2) is 31.6 Å². The van der Waals surface area contributed by atoms with Crippen LogP contribution >= 0.6 is 0 Å². The lowest BCUT2D eigenvalue weighted by Gasteiger charge is -2.18. The Morgan fingerprint density at radius 2 is 2.40 bits per heavy atom. The van der Waals surface area contributed by atoms with E-state index >= 15 is 0 Å². The lowest BCUT2D eigenvalue weighted by Crippen LogP contribution is -2.28. The number of nitrogens with zero attached hydrogens (tertiary/aromatic N) is 1. The summed E-state index contributed by atoms with van der Waals surface area (Å²) in [6, 6.07) is 1.92. The number of rotatable bonds is 5. The fraction of sp³-hybridized carbons (Fsp3) is 0.545. The Hall–Kier alpha value is -1.29. The van der Waals surface area contributed by atoms with Crippen molar-refractivity contribution in [2.24, 2.45) is 5.92 Å². The summed E-state index contributed by atoms with van der Waals surface area (Å²) in [5, 5.41) is 0. The molecule has 0 saturated heterocycles. The average Bonchev–Trinajstić information content (AvgIpc) is 2.68. The predicted molar refractivity (Wildman–Crippen MR) is 56.2 cm³/mol. The van der Waals surface area contributed by atoms with Crippen LogP contribution in [0.3, 0.4) is 0 Å². The third-order valence-electron chi connectivity index (χ3n) is 2.22. The van der Waals surface area contributed by atoms with Crippen LogP contribution in [0.1, 0.15) is 12.5 Å². The molecular weight excluding hydrogens is 194 g/mol. The fourth-order valence-electron chi connectivity index (χ4n) is 1.50. The molecule has 0 N–H and O–H groups in total. The zero-order chi connectivity index (χ0) is 11.3. The molecule has 1 aromatic rings. The zero-order valence-electron chi connectivity index (χ0n) is 9.40. The van der Waals surface area contributed by atoms with Gasteiger partial charge in [0.25, 0.3) is 0 Å². The number of esters is 1. The molecule has 4 nitrogen and oxygen atoms in total. The summed E-state index contributed by atoms with van der Waals surface area (Å²) in [5.41, 5.74) is 1.11. The minimum absolute atomic E-state index is 0.105. The van der Waals surface area contributed by atoms with Gasteiger partial charge >= 0.3 is 5.97 Å². The number of hydrogen-bond acceptors (Lipinski definition) is 4. The van der Waals surface area contributed by atoms with E-state index in [1.165, 1.54) is 7.11 Å². The molecule has 0 bridgehead atoms. The second-order valence-corrected chi connectivity index (χ2v) is 3.75. The molecule has 1 heterocycles. The van der Waals surface area contributed by atoms with E-state index in [2.05, 4.69) is 9.64 Å². The van der Waals surface area contributed by atoms with Gasteiger partial charge in [0, 0.05) is 18.7 Å². The summed E-state index contributed by atoms with van der Waals surface area (Å²) < 4.78 is 9.63. The quantitative estimate of drug-likeness (QED) is 0.692. The van der Waals surface area contributed by atoms with Crippen molar-refractivity contribution in [1.82, 2.24) is 4.90 Å². The third-order valence-corrected chi connectivity index (χ3v) is 2.22. The van der Waals surface area contributed by atoms with Gasteiger partial charge in [0.05, 0.1) is 25.6 Å². The van der Waals surface area contributed by atoms with E-state index < -0.39 is 0 Å². The predicted octanol–water partition coefficient (Wildman–Crippen LogP) is 1.52. The van der Waals surface area contributed by atoms with Gasteiger partial charge in [0.1, 0.15) is 0 Å². The van der Waals surface area contributed by atoms with Crippen LogP contribution in [0, 0.1) is 5.92 Å². The van der Waals surface area contributed by atoms with E-state index in [0.717, 1.165) is 12.1 Å². The van der Waals surface area contributed by atoms with Gasteiger partial charge in [-0.2, -0.15) is 0 Å². The Kier molecular flexibility index (Phi) is 4.37. The third kappa shape index (κ3) is 3.75. The van der Waals surface area contributed by atoms with Gasteiger partial charge in [0.15, 0.2) is 0 Å². The molecule has 4 heteroatoms. The maximum Gasteiger partial charge on any atom is 0.309 e. The first-order valence-electron chi connectivity index (χ1n) is 4.91. The Labute approximate surface area is 89.8 Å². The molecule has 0 fully saturated rings. The number of furan rings is 1. The minimum atomic E-state index is -0.172. The first-order valence-corrected chi connectivity index (χ1v) is 4.91. The standard InChI is InChI=1S/C11H17NO3/c1-9(11(13)14-3)6-12(2)7-10-4-5-15-8-10/h4-5,8-9H,6-7H2,1-3H3. The Morgan fingerprint density at radius 3 is 2.93 bits per heavy atom. The highest BCUT2D eigenvalue weighted by Crippen LogP contribution is 2.06. The number of carbonyl (C=O) groups excluding carboxylic acids is 1. The molecule has 0 aromatic carbocycles. The van der Waals surface area contributed by atoms with E-state index in [4.69, 9.17) is 4.42 Å². The van der Waals surface area contributed by atoms with Gasteiger partial charge in [-0.25, -0.2) is 0 Å². The van der Waals surface area contributed by atoms with E-state index in [9.17, 15) is 4.79 Å². The van der Waals surface area contributed by atoms with Crippen LogP contribution in [0.15, 0.2) is 23.0 Å². The molecule has 0 amide bonds. The van der Waals surface area contributed by atoms with Gasteiger partial charge in [-0.05, 0) is 13.1 Å². The summed E-state index contributed by atoms with van der Waals surface area (Å²) in [4.78, 5) is 13.2. The molecule has 15 heavy (non-hydrogen) atoms. The van der Waals surface area contributed by atoms with Crippen LogP contribution in [-0.2, 0) is 16.1 Å². The molecule has 0 aliphatic rings. The molecule has 1 aromatic heterocycles. The van der Waals surface area contributed by atoms with Gasteiger partial charge in [-0.3, -0.25) is 4.79 Å². The van der Waals surface area contributed by atoms with Crippen LogP contribution in [0.5, 0.6) is 0 Å². The molecule has 0 aliphatic heterocycles. The number of carbonyl (C=O) groups is 1.